The molecule has 3 aromatic heterocycles. The first-order chi connectivity index (χ1) is 9.74. The summed E-state index contributed by atoms with van der Waals surface area (Å²) in [5.74, 6) is 0.0365. The van der Waals surface area contributed by atoms with Gasteiger partial charge >= 0.3 is 5.97 Å². The van der Waals surface area contributed by atoms with Crippen molar-refractivity contribution in [2.45, 2.75) is 6.92 Å². The predicted octanol–water partition coefficient (Wildman–Crippen LogP) is 1.88. The minimum Gasteiger partial charge on any atom is -0.462 e. The Balaban J connectivity index is 2.29. The van der Waals surface area contributed by atoms with Crippen LogP contribution in [0.25, 0.3) is 16.5 Å². The van der Waals surface area contributed by atoms with Gasteiger partial charge in [-0.25, -0.2) is 9.20 Å². The smallest absolute Gasteiger partial charge is 0.340 e. The van der Waals surface area contributed by atoms with Gasteiger partial charge in [0.2, 0.25) is 0 Å². The second-order valence-electron chi connectivity index (χ2n) is 4.24. The van der Waals surface area contributed by atoms with Crippen LogP contribution in [-0.4, -0.2) is 29.0 Å². The van der Waals surface area contributed by atoms with Gasteiger partial charge in [-0.2, -0.15) is 0 Å². The van der Waals surface area contributed by atoms with Gasteiger partial charge in [-0.15, -0.1) is 0 Å². The third kappa shape index (κ3) is 1.85. The number of pyridine rings is 1. The molecule has 0 aliphatic rings. The molecule has 3 aromatic rings. The number of fused-ring (bicyclic) bond motifs is 3. The second-order valence-corrected chi connectivity index (χ2v) is 4.24. The molecule has 0 spiro atoms. The Bertz CT molecular complexity index is 794. The monoisotopic (exact) mass is 270 g/mol. The molecule has 6 nitrogen and oxygen atoms in total. The zero-order chi connectivity index (χ0) is 14.1. The molecule has 20 heavy (non-hydrogen) atoms. The van der Waals surface area contributed by atoms with Crippen molar-refractivity contribution >= 4 is 23.1 Å². The number of hydrogen-bond acceptors (Lipinski definition) is 3. The molecular formula is C14H14N4O2. The fourth-order valence-corrected chi connectivity index (χ4v) is 2.19. The summed E-state index contributed by atoms with van der Waals surface area (Å²) < 4.78 is 8.84. The maximum absolute atomic E-state index is 11.8. The number of nitrogens with zero attached hydrogens (tertiary/aromatic N) is 4. The van der Waals surface area contributed by atoms with Crippen LogP contribution in [0.1, 0.15) is 17.4 Å². The zero-order valence-electron chi connectivity index (χ0n) is 11.3. The molecule has 3 rings (SSSR count). The first kappa shape index (κ1) is 12.4. The van der Waals surface area contributed by atoms with Crippen LogP contribution in [-0.2, 0) is 4.74 Å². The standard InChI is InChI=1S/C14H14N4O2/c1-3-20-13(19)11-8-10-9-17-7-5-4-6-12(17)18(10)14(15-2)16-11/h4-9H,3H2,1-2H3. The van der Waals surface area contributed by atoms with E-state index in [2.05, 4.69) is 10.3 Å². The maximum atomic E-state index is 11.8. The van der Waals surface area contributed by atoms with Crippen molar-refractivity contribution in [1.29, 1.82) is 0 Å². The molecule has 0 unspecified atom stereocenters. The third-order valence-corrected chi connectivity index (χ3v) is 3.02. The maximum Gasteiger partial charge on any atom is 0.340 e. The first-order valence-corrected chi connectivity index (χ1v) is 6.34. The highest BCUT2D eigenvalue weighted by Gasteiger charge is 2.10. The van der Waals surface area contributed by atoms with E-state index in [0.717, 1.165) is 11.2 Å². The minimum atomic E-state index is -0.435. The van der Waals surface area contributed by atoms with Gasteiger partial charge in [0, 0.05) is 11.5 Å². The quantitative estimate of drug-likeness (QED) is 0.539. The lowest BCUT2D eigenvalue weighted by atomic mass is 10.3. The van der Waals surface area contributed by atoms with Crippen LogP contribution in [0.15, 0.2) is 36.7 Å². The number of aromatic nitrogens is 3. The Labute approximate surface area is 115 Å². The Hall–Kier alpha value is -2.63. The average molecular weight is 270 g/mol. The molecule has 0 atom stereocenters. The van der Waals surface area contributed by atoms with Gasteiger partial charge in [0.05, 0.1) is 18.5 Å². The van der Waals surface area contributed by atoms with Crippen LogP contribution >= 0.6 is 0 Å². The molecule has 0 bridgehead atoms. The molecule has 0 fully saturated rings. The summed E-state index contributed by atoms with van der Waals surface area (Å²) in [6.07, 6.45) is 3.86. The summed E-state index contributed by atoms with van der Waals surface area (Å²) in [5, 5.41) is 4.15. The minimum absolute atomic E-state index is 0.267. The first-order valence-electron chi connectivity index (χ1n) is 6.34. The second kappa shape index (κ2) is 4.80. The lowest BCUT2D eigenvalue weighted by molar-refractivity contribution is -0.509. The Morgan fingerprint density at radius 1 is 1.50 bits per heavy atom. The SMILES string of the molecule is CCOC(=O)c1cc2c[n+]3ccccc3n2c([N-]C)n1. The summed E-state index contributed by atoms with van der Waals surface area (Å²) in [6.45, 7) is 2.09. The van der Waals surface area contributed by atoms with E-state index in [1.54, 1.807) is 20.0 Å². The number of ether oxygens (including phenoxy) is 1. The van der Waals surface area contributed by atoms with Crippen LogP contribution in [0.5, 0.6) is 0 Å². The van der Waals surface area contributed by atoms with E-state index in [4.69, 9.17) is 4.74 Å². The number of carbonyl (C=O) groups is 1. The Kier molecular flexibility index (Phi) is 2.98. The third-order valence-electron chi connectivity index (χ3n) is 3.02. The van der Waals surface area contributed by atoms with Crippen molar-refractivity contribution < 1.29 is 13.9 Å². The van der Waals surface area contributed by atoms with Gasteiger partial charge in [0.1, 0.15) is 6.20 Å². The summed E-state index contributed by atoms with van der Waals surface area (Å²) in [7, 11) is 1.65. The van der Waals surface area contributed by atoms with Gasteiger partial charge in [0.15, 0.2) is 5.65 Å². The lowest BCUT2D eigenvalue weighted by Crippen LogP contribution is -2.16. The highest BCUT2D eigenvalue weighted by atomic mass is 16.5. The van der Waals surface area contributed by atoms with Crippen molar-refractivity contribution in [2.75, 3.05) is 13.7 Å². The van der Waals surface area contributed by atoms with Crippen molar-refractivity contribution in [2.24, 2.45) is 0 Å². The highest BCUT2D eigenvalue weighted by molar-refractivity contribution is 5.89. The van der Waals surface area contributed by atoms with Crippen LogP contribution in [0.3, 0.4) is 0 Å². The average Bonchev–Trinajstić information content (AvgIpc) is 2.84. The lowest BCUT2D eigenvalue weighted by Gasteiger charge is -2.15. The molecule has 0 saturated carbocycles. The van der Waals surface area contributed by atoms with E-state index in [-0.39, 0.29) is 5.69 Å². The molecule has 0 saturated heterocycles. The molecular weight excluding hydrogens is 256 g/mol. The molecule has 0 aromatic carbocycles. The van der Waals surface area contributed by atoms with Gasteiger partial charge in [-0.05, 0) is 32.2 Å². The van der Waals surface area contributed by atoms with Crippen molar-refractivity contribution in [3.63, 3.8) is 0 Å². The van der Waals surface area contributed by atoms with Crippen molar-refractivity contribution in [3.05, 3.63) is 47.7 Å². The van der Waals surface area contributed by atoms with Gasteiger partial charge < -0.3 is 19.4 Å². The van der Waals surface area contributed by atoms with E-state index in [9.17, 15) is 4.79 Å². The molecule has 0 N–H and O–H groups in total. The van der Waals surface area contributed by atoms with Crippen LogP contribution < -0.4 is 4.40 Å². The summed E-state index contributed by atoms with van der Waals surface area (Å²) in [5.41, 5.74) is 2.05. The van der Waals surface area contributed by atoms with Crippen LogP contribution in [0.2, 0.25) is 0 Å². The molecule has 6 heteroatoms. The fourth-order valence-electron chi connectivity index (χ4n) is 2.19. The Morgan fingerprint density at radius 2 is 2.35 bits per heavy atom. The van der Waals surface area contributed by atoms with E-state index in [0.29, 0.717) is 12.6 Å². The normalized spacial score (nSPS) is 10.9. The van der Waals surface area contributed by atoms with Crippen LogP contribution in [0.4, 0.5) is 5.95 Å². The summed E-state index contributed by atoms with van der Waals surface area (Å²) in [4.78, 5) is 16.1. The van der Waals surface area contributed by atoms with E-state index >= 15 is 0 Å². The molecule has 0 aliphatic carbocycles. The number of carbonyl (C=O) groups excluding carboxylic acids is 1. The molecule has 0 radical (unpaired) electrons. The van der Waals surface area contributed by atoms with Crippen molar-refractivity contribution in [1.82, 2.24) is 9.38 Å². The van der Waals surface area contributed by atoms with Crippen molar-refractivity contribution in [3.8, 4) is 0 Å². The predicted molar refractivity (Wildman–Crippen MR) is 73.3 cm³/mol. The molecule has 102 valence electrons. The number of rotatable bonds is 3. The molecule has 0 aliphatic heterocycles. The highest BCUT2D eigenvalue weighted by Crippen LogP contribution is 2.20. The number of imidazole rings is 1. The van der Waals surface area contributed by atoms with E-state index in [1.165, 1.54) is 0 Å². The summed E-state index contributed by atoms with van der Waals surface area (Å²) >= 11 is 0. The fraction of sp³-hybridized carbons (Fsp3) is 0.214. The van der Waals surface area contributed by atoms with E-state index < -0.39 is 5.97 Å². The largest absolute Gasteiger partial charge is 0.462 e. The van der Waals surface area contributed by atoms with E-state index in [1.807, 2.05) is 39.4 Å². The van der Waals surface area contributed by atoms with Gasteiger partial charge in [-0.1, -0.05) is 6.07 Å². The van der Waals surface area contributed by atoms with Gasteiger partial charge in [0.25, 0.3) is 0 Å². The number of esters is 1. The van der Waals surface area contributed by atoms with Gasteiger partial charge in [-0.3, -0.25) is 0 Å². The topological polar surface area (TPSA) is 61.8 Å². The summed E-state index contributed by atoms with van der Waals surface area (Å²) in [6, 6.07) is 7.56. The number of hydrogen-bond donors (Lipinski definition) is 0. The molecule has 0 amide bonds. The molecule has 3 heterocycles. The van der Waals surface area contributed by atoms with Crippen LogP contribution in [0, 0.1) is 0 Å². The zero-order valence-corrected chi connectivity index (χ0v) is 11.3. The Morgan fingerprint density at radius 3 is 3.10 bits per heavy atom.